The normalized spacial score (nSPS) is 11.2. The van der Waals surface area contributed by atoms with Gasteiger partial charge in [0.25, 0.3) is 0 Å². The second-order valence-corrected chi connectivity index (χ2v) is 6.52. The SMILES string of the molecule is O=C(Nc1cccc(C(F)(F)F)c1)Nc1ccc(-c2ccccc2)c(-c2nn[nH]n2)c1. The predicted molar refractivity (Wildman–Crippen MR) is 109 cm³/mol. The van der Waals surface area contributed by atoms with Crippen molar-refractivity contribution in [3.63, 3.8) is 0 Å². The number of carbonyl (C=O) groups is 1. The highest BCUT2D eigenvalue weighted by molar-refractivity contribution is 6.00. The molecule has 1 aromatic heterocycles. The number of alkyl halides is 3. The van der Waals surface area contributed by atoms with Crippen molar-refractivity contribution in [1.82, 2.24) is 20.6 Å². The van der Waals surface area contributed by atoms with Gasteiger partial charge < -0.3 is 10.6 Å². The lowest BCUT2D eigenvalue weighted by Crippen LogP contribution is -2.20. The lowest BCUT2D eigenvalue weighted by Gasteiger charge is -2.13. The number of aromatic amines is 1. The van der Waals surface area contributed by atoms with E-state index in [0.29, 0.717) is 17.1 Å². The summed E-state index contributed by atoms with van der Waals surface area (Å²) in [4.78, 5) is 12.3. The van der Waals surface area contributed by atoms with Gasteiger partial charge in [-0.25, -0.2) is 4.79 Å². The maximum Gasteiger partial charge on any atom is 0.416 e. The third-order valence-corrected chi connectivity index (χ3v) is 4.40. The minimum Gasteiger partial charge on any atom is -0.308 e. The first-order valence-corrected chi connectivity index (χ1v) is 9.09. The summed E-state index contributed by atoms with van der Waals surface area (Å²) < 4.78 is 38.6. The predicted octanol–water partition coefficient (Wildman–Crippen LogP) is 5.20. The smallest absolute Gasteiger partial charge is 0.308 e. The lowest BCUT2D eigenvalue weighted by molar-refractivity contribution is -0.137. The molecule has 2 amide bonds. The van der Waals surface area contributed by atoms with E-state index in [9.17, 15) is 18.0 Å². The molecule has 0 spiro atoms. The summed E-state index contributed by atoms with van der Waals surface area (Å²) in [5, 5.41) is 19.0. The second kappa shape index (κ2) is 8.27. The number of H-pyrrole nitrogens is 1. The van der Waals surface area contributed by atoms with E-state index in [-0.39, 0.29) is 5.69 Å². The molecular formula is C21H15F3N6O. The Morgan fingerprint density at radius 1 is 0.839 bits per heavy atom. The Hall–Kier alpha value is -4.21. The van der Waals surface area contributed by atoms with Crippen LogP contribution in [0.5, 0.6) is 0 Å². The van der Waals surface area contributed by atoms with Gasteiger partial charge in [-0.2, -0.15) is 18.4 Å². The van der Waals surface area contributed by atoms with Crippen LogP contribution in [0.4, 0.5) is 29.3 Å². The Labute approximate surface area is 174 Å². The minimum absolute atomic E-state index is 0.0200. The van der Waals surface area contributed by atoms with Crippen LogP contribution in [0.3, 0.4) is 0 Å². The summed E-state index contributed by atoms with van der Waals surface area (Å²) in [7, 11) is 0. The van der Waals surface area contributed by atoms with Crippen LogP contribution in [-0.4, -0.2) is 26.7 Å². The van der Waals surface area contributed by atoms with E-state index < -0.39 is 17.8 Å². The van der Waals surface area contributed by atoms with E-state index in [2.05, 4.69) is 31.3 Å². The number of nitrogens with zero attached hydrogens (tertiary/aromatic N) is 3. The number of urea groups is 1. The molecule has 3 N–H and O–H groups in total. The third-order valence-electron chi connectivity index (χ3n) is 4.40. The Bertz CT molecular complexity index is 1190. The van der Waals surface area contributed by atoms with E-state index in [4.69, 9.17) is 0 Å². The molecule has 156 valence electrons. The quantitative estimate of drug-likeness (QED) is 0.420. The average molecular weight is 424 g/mol. The zero-order chi connectivity index (χ0) is 21.8. The maximum absolute atomic E-state index is 12.9. The lowest BCUT2D eigenvalue weighted by atomic mass is 9.98. The van der Waals surface area contributed by atoms with Crippen LogP contribution in [0, 0.1) is 0 Å². The molecule has 31 heavy (non-hydrogen) atoms. The molecule has 0 aliphatic heterocycles. The Morgan fingerprint density at radius 3 is 2.26 bits per heavy atom. The summed E-state index contributed by atoms with van der Waals surface area (Å²) in [6, 6.07) is 18.4. The summed E-state index contributed by atoms with van der Waals surface area (Å²) in [5.74, 6) is 0.334. The summed E-state index contributed by atoms with van der Waals surface area (Å²) >= 11 is 0. The molecule has 10 heteroatoms. The van der Waals surface area contributed by atoms with Crippen LogP contribution in [0.1, 0.15) is 5.56 Å². The van der Waals surface area contributed by atoms with Crippen LogP contribution >= 0.6 is 0 Å². The number of amides is 2. The minimum atomic E-state index is -4.50. The van der Waals surface area contributed by atoms with Gasteiger partial charge in [0.05, 0.1) is 5.56 Å². The number of aromatic nitrogens is 4. The largest absolute Gasteiger partial charge is 0.416 e. The van der Waals surface area contributed by atoms with Gasteiger partial charge in [-0.15, -0.1) is 10.2 Å². The highest BCUT2D eigenvalue weighted by Crippen LogP contribution is 2.33. The molecule has 4 rings (SSSR count). The first kappa shape index (κ1) is 20.1. The standard InChI is InChI=1S/C21H15F3N6O/c22-21(23,24)14-7-4-8-15(11-14)25-20(31)26-16-9-10-17(13-5-2-1-3-6-13)18(12-16)19-27-29-30-28-19/h1-12H,(H2,25,26,31)(H,27,28,29,30). The van der Waals surface area contributed by atoms with Crippen molar-refractivity contribution in [3.8, 4) is 22.5 Å². The molecule has 0 fully saturated rings. The van der Waals surface area contributed by atoms with Gasteiger partial charge in [-0.3, -0.25) is 0 Å². The first-order chi connectivity index (χ1) is 14.9. The van der Waals surface area contributed by atoms with Crippen LogP contribution in [0.2, 0.25) is 0 Å². The molecule has 3 aromatic carbocycles. The van der Waals surface area contributed by atoms with E-state index in [1.807, 2.05) is 30.3 Å². The molecule has 0 atom stereocenters. The van der Waals surface area contributed by atoms with Crippen molar-refractivity contribution in [2.75, 3.05) is 10.6 Å². The van der Waals surface area contributed by atoms with Gasteiger partial charge in [0.15, 0.2) is 0 Å². The zero-order valence-electron chi connectivity index (χ0n) is 15.8. The number of anilines is 2. The van der Waals surface area contributed by atoms with E-state index in [1.54, 1.807) is 18.2 Å². The topological polar surface area (TPSA) is 95.6 Å². The highest BCUT2D eigenvalue weighted by atomic mass is 19.4. The molecule has 0 aliphatic carbocycles. The van der Waals surface area contributed by atoms with Crippen molar-refractivity contribution in [3.05, 3.63) is 78.4 Å². The molecule has 0 saturated carbocycles. The van der Waals surface area contributed by atoms with Gasteiger partial charge in [-0.05, 0) is 46.7 Å². The Balaban J connectivity index is 1.58. The fourth-order valence-corrected chi connectivity index (χ4v) is 3.02. The number of hydrogen-bond acceptors (Lipinski definition) is 4. The second-order valence-electron chi connectivity index (χ2n) is 6.52. The number of rotatable bonds is 4. The van der Waals surface area contributed by atoms with Crippen LogP contribution in [0.25, 0.3) is 22.5 Å². The van der Waals surface area contributed by atoms with Crippen molar-refractivity contribution < 1.29 is 18.0 Å². The zero-order valence-corrected chi connectivity index (χ0v) is 15.8. The van der Waals surface area contributed by atoms with Crippen LogP contribution in [0.15, 0.2) is 72.8 Å². The molecule has 0 unspecified atom stereocenters. The molecular weight excluding hydrogens is 409 g/mol. The maximum atomic E-state index is 12.9. The van der Waals surface area contributed by atoms with Crippen molar-refractivity contribution in [2.24, 2.45) is 0 Å². The molecule has 7 nitrogen and oxygen atoms in total. The molecule has 0 radical (unpaired) electrons. The molecule has 0 aliphatic rings. The number of hydrogen-bond donors (Lipinski definition) is 3. The van der Waals surface area contributed by atoms with Crippen LogP contribution < -0.4 is 10.6 Å². The van der Waals surface area contributed by atoms with Crippen molar-refractivity contribution in [2.45, 2.75) is 6.18 Å². The van der Waals surface area contributed by atoms with Gasteiger partial charge >= 0.3 is 12.2 Å². The van der Waals surface area contributed by atoms with E-state index >= 15 is 0 Å². The Kier molecular flexibility index (Phi) is 5.35. The number of halogens is 3. The van der Waals surface area contributed by atoms with Crippen LogP contribution in [-0.2, 0) is 6.18 Å². The van der Waals surface area contributed by atoms with Gasteiger partial charge in [0, 0.05) is 16.9 Å². The first-order valence-electron chi connectivity index (χ1n) is 9.09. The number of benzene rings is 3. The summed E-state index contributed by atoms with van der Waals surface area (Å²) in [6.45, 7) is 0. The van der Waals surface area contributed by atoms with Gasteiger partial charge in [0.1, 0.15) is 0 Å². The Morgan fingerprint density at radius 2 is 1.58 bits per heavy atom. The van der Waals surface area contributed by atoms with E-state index in [1.165, 1.54) is 12.1 Å². The van der Waals surface area contributed by atoms with Gasteiger partial charge in [0.2, 0.25) is 5.82 Å². The molecule has 1 heterocycles. The third kappa shape index (κ3) is 4.69. The van der Waals surface area contributed by atoms with Gasteiger partial charge in [-0.1, -0.05) is 42.5 Å². The number of tetrazole rings is 1. The van der Waals surface area contributed by atoms with Crippen molar-refractivity contribution >= 4 is 17.4 Å². The average Bonchev–Trinajstić information content (AvgIpc) is 3.29. The number of carbonyl (C=O) groups excluding carboxylic acids is 1. The summed E-state index contributed by atoms with van der Waals surface area (Å²) in [6.07, 6.45) is -4.50. The highest BCUT2D eigenvalue weighted by Gasteiger charge is 2.30. The molecule has 0 saturated heterocycles. The molecule has 0 bridgehead atoms. The fourth-order valence-electron chi connectivity index (χ4n) is 3.02. The van der Waals surface area contributed by atoms with E-state index in [0.717, 1.165) is 23.3 Å². The summed E-state index contributed by atoms with van der Waals surface area (Å²) in [5.41, 5.74) is 1.94. The number of nitrogens with one attached hydrogen (secondary N) is 3. The fraction of sp³-hybridized carbons (Fsp3) is 0.0476. The molecule has 4 aromatic rings. The van der Waals surface area contributed by atoms with Crippen molar-refractivity contribution in [1.29, 1.82) is 0 Å². The monoisotopic (exact) mass is 424 g/mol.